The largest absolute Gasteiger partial charge is 0.386 e. The Balaban J connectivity index is 1.79. The van der Waals surface area contributed by atoms with Gasteiger partial charge < -0.3 is 10.4 Å². The number of hydrogen-bond donors (Lipinski definition) is 2. The van der Waals surface area contributed by atoms with Gasteiger partial charge in [-0.3, -0.25) is 4.79 Å². The minimum Gasteiger partial charge on any atom is -0.386 e. The molecule has 0 radical (unpaired) electrons. The second-order valence-electron chi connectivity index (χ2n) is 4.42. The molecule has 3 aromatic rings. The minimum absolute atomic E-state index is 0.151. The van der Waals surface area contributed by atoms with Gasteiger partial charge in [-0.1, -0.05) is 40.6 Å². The standard InChI is InChI=1S/C13H10Cl2N4O2S/c14-7-2-1-3-8(15)11(7)9(20)6-17-12-18-19-10(21)4-5-16-13(19)22-12/h1-5,9,20H,6H2,(H,17,18). The number of rotatable bonds is 4. The summed E-state index contributed by atoms with van der Waals surface area (Å²) in [6, 6.07) is 6.36. The number of benzene rings is 1. The fraction of sp³-hybridized carbons (Fsp3) is 0.154. The Morgan fingerprint density at radius 1 is 1.32 bits per heavy atom. The van der Waals surface area contributed by atoms with E-state index in [9.17, 15) is 9.90 Å². The number of anilines is 1. The van der Waals surface area contributed by atoms with Crippen molar-refractivity contribution in [1.82, 2.24) is 14.6 Å². The van der Waals surface area contributed by atoms with Crippen molar-refractivity contribution in [2.24, 2.45) is 0 Å². The highest BCUT2D eigenvalue weighted by molar-refractivity contribution is 7.20. The summed E-state index contributed by atoms with van der Waals surface area (Å²) < 4.78 is 1.20. The summed E-state index contributed by atoms with van der Waals surface area (Å²) in [7, 11) is 0. The molecule has 1 atom stereocenters. The normalized spacial score (nSPS) is 12.5. The zero-order chi connectivity index (χ0) is 15.7. The van der Waals surface area contributed by atoms with Crippen LogP contribution in [0.2, 0.25) is 10.0 Å². The Morgan fingerprint density at radius 3 is 2.73 bits per heavy atom. The van der Waals surface area contributed by atoms with Crippen LogP contribution in [-0.2, 0) is 0 Å². The molecule has 2 N–H and O–H groups in total. The average Bonchev–Trinajstić information content (AvgIpc) is 2.89. The number of nitrogens with one attached hydrogen (secondary N) is 1. The summed E-state index contributed by atoms with van der Waals surface area (Å²) in [6.45, 7) is 0.151. The summed E-state index contributed by atoms with van der Waals surface area (Å²) in [4.78, 5) is 16.1. The van der Waals surface area contributed by atoms with Crippen LogP contribution in [0.1, 0.15) is 11.7 Å². The number of hydrogen-bond acceptors (Lipinski definition) is 6. The predicted molar refractivity (Wildman–Crippen MR) is 87.0 cm³/mol. The van der Waals surface area contributed by atoms with Crippen molar-refractivity contribution in [3.8, 4) is 0 Å². The van der Waals surface area contributed by atoms with Gasteiger partial charge in [-0.05, 0) is 12.1 Å². The van der Waals surface area contributed by atoms with Crippen molar-refractivity contribution in [2.45, 2.75) is 6.10 Å². The third-order valence-electron chi connectivity index (χ3n) is 2.95. The second kappa shape index (κ2) is 6.21. The van der Waals surface area contributed by atoms with E-state index >= 15 is 0 Å². The van der Waals surface area contributed by atoms with E-state index in [1.165, 1.54) is 28.1 Å². The van der Waals surface area contributed by atoms with Crippen molar-refractivity contribution in [3.05, 3.63) is 56.4 Å². The first-order valence-corrected chi connectivity index (χ1v) is 7.84. The smallest absolute Gasteiger partial charge is 0.275 e. The number of halogens is 2. The van der Waals surface area contributed by atoms with E-state index in [1.807, 2.05) is 0 Å². The zero-order valence-electron chi connectivity index (χ0n) is 11.0. The molecular weight excluding hydrogens is 347 g/mol. The highest BCUT2D eigenvalue weighted by Crippen LogP contribution is 2.30. The Labute approximate surface area is 139 Å². The van der Waals surface area contributed by atoms with E-state index in [4.69, 9.17) is 23.2 Å². The Kier molecular flexibility index (Phi) is 4.30. The van der Waals surface area contributed by atoms with Crippen LogP contribution in [0.25, 0.3) is 4.96 Å². The number of nitrogens with zero attached hydrogens (tertiary/aromatic N) is 3. The van der Waals surface area contributed by atoms with Gasteiger partial charge in [-0.15, -0.1) is 5.10 Å². The molecule has 0 aliphatic carbocycles. The average molecular weight is 357 g/mol. The first-order chi connectivity index (χ1) is 10.6. The SMILES string of the molecule is O=c1ccnc2sc(NCC(O)c3c(Cl)cccc3Cl)nn12. The topological polar surface area (TPSA) is 79.5 Å². The molecule has 0 bridgehead atoms. The van der Waals surface area contributed by atoms with E-state index in [1.54, 1.807) is 18.2 Å². The molecule has 2 aromatic heterocycles. The summed E-state index contributed by atoms with van der Waals surface area (Å²) in [6.07, 6.45) is 0.524. The van der Waals surface area contributed by atoms with Crippen LogP contribution >= 0.6 is 34.5 Å². The lowest BCUT2D eigenvalue weighted by Crippen LogP contribution is -2.15. The van der Waals surface area contributed by atoms with Gasteiger partial charge in [0.1, 0.15) is 0 Å². The van der Waals surface area contributed by atoms with E-state index in [0.29, 0.717) is 25.7 Å². The van der Waals surface area contributed by atoms with E-state index in [0.717, 1.165) is 0 Å². The molecular formula is C13H10Cl2N4O2S. The molecule has 0 saturated heterocycles. The van der Waals surface area contributed by atoms with Crippen LogP contribution in [0.15, 0.2) is 35.3 Å². The summed E-state index contributed by atoms with van der Waals surface area (Å²) in [5.41, 5.74) is 0.193. The summed E-state index contributed by atoms with van der Waals surface area (Å²) >= 11 is 13.3. The number of aromatic nitrogens is 3. The molecule has 0 saturated carbocycles. The zero-order valence-corrected chi connectivity index (χ0v) is 13.4. The van der Waals surface area contributed by atoms with Gasteiger partial charge in [0.2, 0.25) is 10.1 Å². The van der Waals surface area contributed by atoms with Crippen molar-refractivity contribution in [2.75, 3.05) is 11.9 Å². The van der Waals surface area contributed by atoms with Crippen molar-refractivity contribution in [3.63, 3.8) is 0 Å². The minimum atomic E-state index is -0.905. The lowest BCUT2D eigenvalue weighted by atomic mass is 10.1. The molecule has 9 heteroatoms. The van der Waals surface area contributed by atoms with Crippen LogP contribution in [0.5, 0.6) is 0 Å². The highest BCUT2D eigenvalue weighted by Gasteiger charge is 2.16. The maximum absolute atomic E-state index is 11.6. The Bertz CT molecular complexity index is 860. The monoisotopic (exact) mass is 356 g/mol. The van der Waals surface area contributed by atoms with Gasteiger partial charge in [0.15, 0.2) is 0 Å². The molecule has 2 heterocycles. The predicted octanol–water partition coefficient (Wildman–Crippen LogP) is 2.60. The molecule has 1 unspecified atom stereocenters. The number of aliphatic hydroxyl groups is 1. The third-order valence-corrected chi connectivity index (χ3v) is 4.49. The molecule has 0 fully saturated rings. The molecule has 3 rings (SSSR count). The van der Waals surface area contributed by atoms with Gasteiger partial charge >= 0.3 is 0 Å². The van der Waals surface area contributed by atoms with Gasteiger partial charge in [-0.2, -0.15) is 4.52 Å². The molecule has 6 nitrogen and oxygen atoms in total. The lowest BCUT2D eigenvalue weighted by Gasteiger charge is -2.14. The lowest BCUT2D eigenvalue weighted by molar-refractivity contribution is 0.192. The number of fused-ring (bicyclic) bond motifs is 1. The van der Waals surface area contributed by atoms with Gasteiger partial charge in [0, 0.05) is 34.4 Å². The maximum atomic E-state index is 11.6. The first kappa shape index (κ1) is 15.2. The van der Waals surface area contributed by atoms with Crippen LogP contribution in [-0.4, -0.2) is 26.2 Å². The fourth-order valence-corrected chi connectivity index (χ4v) is 3.36. The molecule has 22 heavy (non-hydrogen) atoms. The quantitative estimate of drug-likeness (QED) is 0.750. The fourth-order valence-electron chi connectivity index (χ4n) is 1.93. The van der Waals surface area contributed by atoms with Crippen LogP contribution in [0.3, 0.4) is 0 Å². The molecule has 0 amide bonds. The van der Waals surface area contributed by atoms with Crippen molar-refractivity contribution >= 4 is 44.6 Å². The first-order valence-electron chi connectivity index (χ1n) is 6.27. The maximum Gasteiger partial charge on any atom is 0.275 e. The molecule has 114 valence electrons. The third kappa shape index (κ3) is 2.93. The summed E-state index contributed by atoms with van der Waals surface area (Å²) in [5, 5.41) is 18.5. The Hall–Kier alpha value is -1.67. The van der Waals surface area contributed by atoms with Gasteiger partial charge in [0.25, 0.3) is 5.56 Å². The van der Waals surface area contributed by atoms with Crippen molar-refractivity contribution < 1.29 is 5.11 Å². The summed E-state index contributed by atoms with van der Waals surface area (Å²) in [5.74, 6) is 0. The molecule has 0 spiro atoms. The molecule has 1 aromatic carbocycles. The van der Waals surface area contributed by atoms with Crippen molar-refractivity contribution in [1.29, 1.82) is 0 Å². The van der Waals surface area contributed by atoms with E-state index in [-0.39, 0.29) is 12.1 Å². The molecule has 0 aliphatic heterocycles. The van der Waals surface area contributed by atoms with Gasteiger partial charge in [0.05, 0.1) is 6.10 Å². The highest BCUT2D eigenvalue weighted by atomic mass is 35.5. The van der Waals surface area contributed by atoms with E-state index in [2.05, 4.69) is 15.4 Å². The van der Waals surface area contributed by atoms with Gasteiger partial charge in [-0.25, -0.2) is 4.98 Å². The molecule has 0 aliphatic rings. The number of aliphatic hydroxyl groups excluding tert-OH is 1. The van der Waals surface area contributed by atoms with Crippen LogP contribution in [0.4, 0.5) is 5.13 Å². The van der Waals surface area contributed by atoms with E-state index < -0.39 is 6.10 Å². The van der Waals surface area contributed by atoms with Crippen LogP contribution < -0.4 is 10.9 Å². The van der Waals surface area contributed by atoms with Crippen LogP contribution in [0, 0.1) is 0 Å². The second-order valence-corrected chi connectivity index (χ2v) is 6.19. The Morgan fingerprint density at radius 2 is 2.05 bits per heavy atom.